The lowest BCUT2D eigenvalue weighted by molar-refractivity contribution is 0.312. The van der Waals surface area contributed by atoms with Crippen molar-refractivity contribution in [2.45, 2.75) is 57.2 Å². The van der Waals surface area contributed by atoms with Gasteiger partial charge in [0.2, 0.25) is 0 Å². The predicted molar refractivity (Wildman–Crippen MR) is 111 cm³/mol. The molecule has 2 aliphatic rings. The molecule has 1 aromatic carbocycles. The molecule has 0 radical (unpaired) electrons. The summed E-state index contributed by atoms with van der Waals surface area (Å²) in [6.45, 7) is 13.0. The Morgan fingerprint density at radius 1 is 1.44 bits per heavy atom. The summed E-state index contributed by atoms with van der Waals surface area (Å²) >= 11 is 0. The number of allylic oxidation sites excluding steroid dienone is 1. The van der Waals surface area contributed by atoms with Crippen LogP contribution in [-0.4, -0.2) is 24.0 Å². The first-order valence-corrected chi connectivity index (χ1v) is 9.96. The van der Waals surface area contributed by atoms with Crippen molar-refractivity contribution >= 4 is 5.70 Å². The van der Waals surface area contributed by atoms with E-state index < -0.39 is 0 Å². The largest absolute Gasteiger partial charge is 0.390 e. The van der Waals surface area contributed by atoms with Crippen molar-refractivity contribution in [3.05, 3.63) is 66.2 Å². The second kappa shape index (κ2) is 8.30. The minimum Gasteiger partial charge on any atom is -0.390 e. The molecule has 3 N–H and O–H groups in total. The van der Waals surface area contributed by atoms with Crippen LogP contribution in [0.1, 0.15) is 48.8 Å². The Labute approximate surface area is 162 Å². The molecule has 146 valence electrons. The van der Waals surface area contributed by atoms with Gasteiger partial charge in [0.25, 0.3) is 0 Å². The molecular formula is C23H32FN3. The van der Waals surface area contributed by atoms with Crippen LogP contribution >= 0.6 is 0 Å². The molecule has 1 fully saturated rings. The Kier molecular flexibility index (Phi) is 6.05. The number of hydrogen-bond acceptors (Lipinski definition) is 3. The number of likely N-dealkylation sites (N-methyl/N-ethyl adjacent to an activating group) is 1. The third kappa shape index (κ3) is 3.96. The third-order valence-corrected chi connectivity index (χ3v) is 6.21. The van der Waals surface area contributed by atoms with Gasteiger partial charge in [-0.05, 0) is 55.2 Å². The molecule has 27 heavy (non-hydrogen) atoms. The van der Waals surface area contributed by atoms with Gasteiger partial charge in [-0.2, -0.15) is 0 Å². The summed E-state index contributed by atoms with van der Waals surface area (Å²) < 4.78 is 14.8. The van der Waals surface area contributed by atoms with E-state index in [9.17, 15) is 4.39 Å². The van der Waals surface area contributed by atoms with Crippen molar-refractivity contribution in [3.63, 3.8) is 0 Å². The van der Waals surface area contributed by atoms with Crippen LogP contribution in [0.5, 0.6) is 0 Å². The van der Waals surface area contributed by atoms with E-state index >= 15 is 0 Å². The summed E-state index contributed by atoms with van der Waals surface area (Å²) in [7, 11) is 1.89. The molecule has 1 saturated carbocycles. The molecule has 1 aliphatic carbocycles. The highest BCUT2D eigenvalue weighted by Crippen LogP contribution is 2.38. The van der Waals surface area contributed by atoms with Crippen molar-refractivity contribution in [1.82, 2.24) is 10.2 Å². The van der Waals surface area contributed by atoms with E-state index in [1.165, 1.54) is 0 Å². The SMILES string of the molecule is C=CCCC(C(=C)NC)N1Cc2cc(CC3CCCC3N)c(F)cc2C1=C. The van der Waals surface area contributed by atoms with Crippen LogP contribution < -0.4 is 11.1 Å². The van der Waals surface area contributed by atoms with Crippen LogP contribution in [0.15, 0.2) is 43.6 Å². The summed E-state index contributed by atoms with van der Waals surface area (Å²) in [5.41, 5.74) is 10.9. The first kappa shape index (κ1) is 19.7. The number of nitrogens with one attached hydrogen (secondary N) is 1. The highest BCUT2D eigenvalue weighted by molar-refractivity contribution is 5.70. The highest BCUT2D eigenvalue weighted by Gasteiger charge is 2.31. The molecular weight excluding hydrogens is 337 g/mol. The maximum absolute atomic E-state index is 14.8. The Balaban J connectivity index is 1.83. The quantitative estimate of drug-likeness (QED) is 0.670. The van der Waals surface area contributed by atoms with Crippen molar-refractivity contribution in [1.29, 1.82) is 0 Å². The van der Waals surface area contributed by atoms with Gasteiger partial charge in [0, 0.05) is 36.6 Å². The second-order valence-electron chi connectivity index (χ2n) is 7.89. The molecule has 0 amide bonds. The highest BCUT2D eigenvalue weighted by atomic mass is 19.1. The Morgan fingerprint density at radius 2 is 2.22 bits per heavy atom. The van der Waals surface area contributed by atoms with Gasteiger partial charge in [-0.15, -0.1) is 6.58 Å². The summed E-state index contributed by atoms with van der Waals surface area (Å²) in [6, 6.07) is 4.02. The average Bonchev–Trinajstić information content (AvgIpc) is 3.19. The maximum Gasteiger partial charge on any atom is 0.127 e. The van der Waals surface area contributed by atoms with Crippen molar-refractivity contribution in [2.24, 2.45) is 11.7 Å². The molecule has 1 aromatic rings. The number of nitrogens with zero attached hydrogens (tertiary/aromatic N) is 1. The fourth-order valence-corrected chi connectivity index (χ4v) is 4.52. The van der Waals surface area contributed by atoms with E-state index in [0.717, 1.165) is 73.2 Å². The molecule has 0 bridgehead atoms. The zero-order chi connectivity index (χ0) is 19.6. The number of fused-ring (bicyclic) bond motifs is 1. The lowest BCUT2D eigenvalue weighted by Crippen LogP contribution is -2.35. The molecule has 1 aliphatic heterocycles. The first-order chi connectivity index (χ1) is 13.0. The maximum atomic E-state index is 14.8. The fraction of sp³-hybridized carbons (Fsp3) is 0.478. The minimum absolute atomic E-state index is 0.114. The van der Waals surface area contributed by atoms with Crippen LogP contribution in [0.3, 0.4) is 0 Å². The standard InChI is InChI=1S/C23H32FN3/c1-5-6-10-23(15(2)26-4)27-14-19-12-18(11-17-8-7-9-22(17)25)21(24)13-20(19)16(27)3/h5,12-13,17,22-23,26H,1-3,6-11,14,25H2,4H3. The molecule has 0 spiro atoms. The zero-order valence-electron chi connectivity index (χ0n) is 16.4. The van der Waals surface area contributed by atoms with Crippen LogP contribution in [0.4, 0.5) is 4.39 Å². The Hall–Kier alpha value is -2.07. The van der Waals surface area contributed by atoms with Gasteiger partial charge in [-0.1, -0.05) is 31.7 Å². The van der Waals surface area contributed by atoms with Crippen LogP contribution in [0, 0.1) is 11.7 Å². The third-order valence-electron chi connectivity index (χ3n) is 6.21. The van der Waals surface area contributed by atoms with Crippen molar-refractivity contribution < 1.29 is 4.39 Å². The molecule has 0 saturated heterocycles. The van der Waals surface area contributed by atoms with Crippen molar-refractivity contribution in [3.8, 4) is 0 Å². The van der Waals surface area contributed by atoms with E-state index in [1.54, 1.807) is 6.07 Å². The Morgan fingerprint density at radius 3 is 2.85 bits per heavy atom. The van der Waals surface area contributed by atoms with Gasteiger partial charge in [0.1, 0.15) is 5.82 Å². The summed E-state index contributed by atoms with van der Waals surface area (Å²) in [5, 5.41) is 3.17. The zero-order valence-corrected chi connectivity index (χ0v) is 16.4. The molecule has 3 unspecified atom stereocenters. The monoisotopic (exact) mass is 369 g/mol. The van der Waals surface area contributed by atoms with Crippen LogP contribution in [0.25, 0.3) is 5.70 Å². The molecule has 0 aromatic heterocycles. The molecule has 3 atom stereocenters. The van der Waals surface area contributed by atoms with Gasteiger partial charge in [-0.3, -0.25) is 0 Å². The molecule has 3 rings (SSSR count). The van der Waals surface area contributed by atoms with Gasteiger partial charge in [-0.25, -0.2) is 4.39 Å². The number of nitrogens with two attached hydrogens (primary N) is 1. The fourth-order valence-electron chi connectivity index (χ4n) is 4.52. The van der Waals surface area contributed by atoms with E-state index in [0.29, 0.717) is 5.92 Å². The van der Waals surface area contributed by atoms with E-state index in [1.807, 2.05) is 19.2 Å². The smallest absolute Gasteiger partial charge is 0.127 e. The molecule has 1 heterocycles. The van der Waals surface area contributed by atoms with Gasteiger partial charge in [0.15, 0.2) is 0 Å². The summed E-state index contributed by atoms with van der Waals surface area (Å²) in [4.78, 5) is 2.23. The Bertz CT molecular complexity index is 739. The van der Waals surface area contributed by atoms with Gasteiger partial charge in [0.05, 0.1) is 6.04 Å². The van der Waals surface area contributed by atoms with Crippen LogP contribution in [-0.2, 0) is 13.0 Å². The lowest BCUT2D eigenvalue weighted by Gasteiger charge is -2.32. The number of halogens is 1. The second-order valence-corrected chi connectivity index (χ2v) is 7.89. The van der Waals surface area contributed by atoms with E-state index in [2.05, 4.69) is 30.0 Å². The summed E-state index contributed by atoms with van der Waals surface area (Å²) in [6.07, 6.45) is 7.76. The normalized spacial score (nSPS) is 22.6. The number of rotatable bonds is 8. The van der Waals surface area contributed by atoms with E-state index in [4.69, 9.17) is 5.73 Å². The minimum atomic E-state index is -0.133. The van der Waals surface area contributed by atoms with Crippen LogP contribution in [0.2, 0.25) is 0 Å². The number of hydrogen-bond donors (Lipinski definition) is 2. The van der Waals surface area contributed by atoms with E-state index in [-0.39, 0.29) is 17.9 Å². The van der Waals surface area contributed by atoms with Gasteiger partial charge < -0.3 is 16.0 Å². The van der Waals surface area contributed by atoms with Gasteiger partial charge >= 0.3 is 0 Å². The molecule has 3 nitrogen and oxygen atoms in total. The lowest BCUT2D eigenvalue weighted by atomic mass is 9.93. The first-order valence-electron chi connectivity index (χ1n) is 9.96. The molecule has 4 heteroatoms. The average molecular weight is 370 g/mol. The summed E-state index contributed by atoms with van der Waals surface area (Å²) in [5.74, 6) is 0.258. The topological polar surface area (TPSA) is 41.3 Å². The number of benzene rings is 1. The predicted octanol–water partition coefficient (Wildman–Crippen LogP) is 4.35. The van der Waals surface area contributed by atoms with Crippen molar-refractivity contribution in [2.75, 3.05) is 7.05 Å².